The fourth-order valence-electron chi connectivity index (χ4n) is 1.13. The van der Waals surface area contributed by atoms with Crippen LogP contribution in [-0.4, -0.2) is 25.0 Å². The topological polar surface area (TPSA) is 81.4 Å². The van der Waals surface area contributed by atoms with Crippen LogP contribution in [0.5, 0.6) is 0 Å². The summed E-state index contributed by atoms with van der Waals surface area (Å²) in [5.74, 6) is -0.973. The summed E-state index contributed by atoms with van der Waals surface area (Å²) < 4.78 is 4.95. The van der Waals surface area contributed by atoms with Gasteiger partial charge in [0.1, 0.15) is 6.61 Å². The van der Waals surface area contributed by atoms with Gasteiger partial charge < -0.3 is 10.5 Å². The minimum Gasteiger partial charge on any atom is -0.460 e. The lowest BCUT2D eigenvalue weighted by Crippen LogP contribution is -2.33. The van der Waals surface area contributed by atoms with Crippen molar-refractivity contribution in [2.24, 2.45) is 5.73 Å². The van der Waals surface area contributed by atoms with E-state index in [0.717, 1.165) is 5.56 Å². The molecule has 1 rings (SSSR count). The van der Waals surface area contributed by atoms with Gasteiger partial charge in [-0.1, -0.05) is 23.7 Å². The van der Waals surface area contributed by atoms with Gasteiger partial charge >= 0.3 is 5.97 Å². The van der Waals surface area contributed by atoms with E-state index in [1.807, 2.05) is 0 Å². The molecule has 0 aliphatic carbocycles. The molecule has 1 amide bonds. The van der Waals surface area contributed by atoms with Crippen LogP contribution in [0, 0.1) is 0 Å². The van der Waals surface area contributed by atoms with Gasteiger partial charge in [-0.15, -0.1) is 0 Å². The van der Waals surface area contributed by atoms with Gasteiger partial charge in [-0.2, -0.15) is 0 Å². The summed E-state index contributed by atoms with van der Waals surface area (Å²) in [6.45, 7) is 0.0490. The van der Waals surface area contributed by atoms with Crippen LogP contribution in [0.2, 0.25) is 5.02 Å². The summed E-state index contributed by atoms with van der Waals surface area (Å²) in [5.41, 5.74) is 5.70. The number of esters is 1. The van der Waals surface area contributed by atoms with Crippen LogP contribution in [-0.2, 0) is 20.9 Å². The molecule has 5 nitrogen and oxygen atoms in total. The Balaban J connectivity index is 2.26. The molecule has 0 spiro atoms. The molecule has 0 aromatic heterocycles. The van der Waals surface area contributed by atoms with Crippen LogP contribution in [0.4, 0.5) is 0 Å². The first-order valence-electron chi connectivity index (χ1n) is 4.97. The molecule has 1 aromatic rings. The summed E-state index contributed by atoms with van der Waals surface area (Å²) in [4.78, 5) is 21.6. The van der Waals surface area contributed by atoms with Crippen molar-refractivity contribution in [3.05, 3.63) is 34.9 Å². The third-order valence-electron chi connectivity index (χ3n) is 1.86. The van der Waals surface area contributed by atoms with Gasteiger partial charge in [0.25, 0.3) is 0 Å². The minimum atomic E-state index is -0.521. The number of hydrogen-bond acceptors (Lipinski definition) is 4. The molecule has 0 heterocycles. The second kappa shape index (κ2) is 6.88. The number of carbonyl (C=O) groups is 2. The van der Waals surface area contributed by atoms with E-state index >= 15 is 0 Å². The van der Waals surface area contributed by atoms with Crippen molar-refractivity contribution in [3.8, 4) is 0 Å². The lowest BCUT2D eigenvalue weighted by molar-refractivity contribution is -0.143. The van der Waals surface area contributed by atoms with Gasteiger partial charge in [-0.05, 0) is 17.7 Å². The maximum absolute atomic E-state index is 11.2. The van der Waals surface area contributed by atoms with Crippen molar-refractivity contribution in [2.75, 3.05) is 13.1 Å². The quantitative estimate of drug-likeness (QED) is 0.725. The average molecular weight is 257 g/mol. The first kappa shape index (κ1) is 13.5. The van der Waals surface area contributed by atoms with E-state index in [0.29, 0.717) is 5.02 Å². The molecule has 0 radical (unpaired) electrons. The van der Waals surface area contributed by atoms with Crippen LogP contribution in [0.3, 0.4) is 0 Å². The zero-order valence-electron chi connectivity index (χ0n) is 9.11. The number of hydrogen-bond donors (Lipinski definition) is 2. The molecule has 0 aliphatic heterocycles. The van der Waals surface area contributed by atoms with E-state index in [2.05, 4.69) is 5.32 Å². The van der Waals surface area contributed by atoms with Gasteiger partial charge in [0.05, 0.1) is 13.1 Å². The first-order valence-corrected chi connectivity index (χ1v) is 5.35. The second-order valence-electron chi connectivity index (χ2n) is 3.36. The molecule has 3 N–H and O–H groups in total. The number of nitrogens with one attached hydrogen (secondary N) is 1. The van der Waals surface area contributed by atoms with Gasteiger partial charge in [0, 0.05) is 5.02 Å². The molecular formula is C11H13ClN2O3. The number of rotatable bonds is 6. The highest BCUT2D eigenvalue weighted by molar-refractivity contribution is 6.30. The highest BCUT2D eigenvalue weighted by Crippen LogP contribution is 2.11. The van der Waals surface area contributed by atoms with Crippen LogP contribution in [0.15, 0.2) is 24.3 Å². The summed E-state index contributed by atoms with van der Waals surface area (Å²) in [6, 6.07) is 7.03. The molecule has 0 aliphatic rings. The van der Waals surface area contributed by atoms with E-state index in [9.17, 15) is 9.59 Å². The van der Waals surface area contributed by atoms with Crippen LogP contribution in [0.1, 0.15) is 5.56 Å². The Kier molecular flexibility index (Phi) is 5.45. The zero-order chi connectivity index (χ0) is 12.7. The fraction of sp³-hybridized carbons (Fsp3) is 0.273. The normalized spacial score (nSPS) is 9.94. The van der Waals surface area contributed by atoms with E-state index in [-0.39, 0.29) is 19.7 Å². The molecular weight excluding hydrogens is 244 g/mol. The molecule has 6 heteroatoms. The number of amides is 1. The SMILES string of the molecule is NC(=O)CNCC(=O)OCc1cccc(Cl)c1. The Morgan fingerprint density at radius 2 is 2.12 bits per heavy atom. The lowest BCUT2D eigenvalue weighted by Gasteiger charge is -2.05. The summed E-state index contributed by atoms with van der Waals surface area (Å²) >= 11 is 5.77. The highest BCUT2D eigenvalue weighted by atomic mass is 35.5. The standard InChI is InChI=1S/C11H13ClN2O3/c12-9-3-1-2-8(4-9)7-17-11(16)6-14-5-10(13)15/h1-4,14H,5-7H2,(H2,13,15). The van der Waals surface area contributed by atoms with Gasteiger partial charge in [0.15, 0.2) is 0 Å². The van der Waals surface area contributed by atoms with Crippen molar-refractivity contribution in [1.29, 1.82) is 0 Å². The average Bonchev–Trinajstić information content (AvgIpc) is 2.26. The Bertz CT molecular complexity index is 409. The Labute approximate surface area is 104 Å². The Hall–Kier alpha value is -1.59. The molecule has 0 saturated heterocycles. The maximum Gasteiger partial charge on any atom is 0.320 e. The van der Waals surface area contributed by atoms with E-state index in [1.54, 1.807) is 24.3 Å². The second-order valence-corrected chi connectivity index (χ2v) is 3.80. The molecule has 0 saturated carbocycles. The lowest BCUT2D eigenvalue weighted by atomic mass is 10.2. The maximum atomic E-state index is 11.2. The molecule has 0 bridgehead atoms. The largest absolute Gasteiger partial charge is 0.460 e. The van der Waals surface area contributed by atoms with Gasteiger partial charge in [0.2, 0.25) is 5.91 Å². The molecule has 92 valence electrons. The van der Waals surface area contributed by atoms with Gasteiger partial charge in [-0.3, -0.25) is 14.9 Å². The summed E-state index contributed by atoms with van der Waals surface area (Å²) in [7, 11) is 0. The third kappa shape index (κ3) is 5.89. The van der Waals surface area contributed by atoms with Crippen LogP contribution in [0.25, 0.3) is 0 Å². The number of primary amides is 1. The minimum absolute atomic E-state index is 0.0493. The number of halogens is 1. The van der Waals surface area contributed by atoms with Crippen LogP contribution < -0.4 is 11.1 Å². The van der Waals surface area contributed by atoms with Crippen molar-refractivity contribution in [3.63, 3.8) is 0 Å². The molecule has 1 aromatic carbocycles. The predicted molar refractivity (Wildman–Crippen MR) is 63.3 cm³/mol. The molecule has 0 atom stereocenters. The number of nitrogens with two attached hydrogens (primary N) is 1. The van der Waals surface area contributed by atoms with Crippen molar-refractivity contribution in [1.82, 2.24) is 5.32 Å². The van der Waals surface area contributed by atoms with Crippen molar-refractivity contribution < 1.29 is 14.3 Å². The summed E-state index contributed by atoms with van der Waals surface area (Å²) in [5, 5.41) is 3.15. The molecule has 17 heavy (non-hydrogen) atoms. The number of benzene rings is 1. The smallest absolute Gasteiger partial charge is 0.320 e. The highest BCUT2D eigenvalue weighted by Gasteiger charge is 2.04. The summed E-state index contributed by atoms with van der Waals surface area (Å²) in [6.07, 6.45) is 0. The van der Waals surface area contributed by atoms with E-state index in [4.69, 9.17) is 22.1 Å². The molecule has 0 unspecified atom stereocenters. The van der Waals surface area contributed by atoms with E-state index in [1.165, 1.54) is 0 Å². The number of ether oxygens (including phenoxy) is 1. The predicted octanol–water partition coefficient (Wildman–Crippen LogP) is 0.458. The zero-order valence-corrected chi connectivity index (χ0v) is 9.87. The van der Waals surface area contributed by atoms with Crippen molar-refractivity contribution >= 4 is 23.5 Å². The Morgan fingerprint density at radius 1 is 1.35 bits per heavy atom. The van der Waals surface area contributed by atoms with E-state index < -0.39 is 11.9 Å². The fourth-order valence-corrected chi connectivity index (χ4v) is 1.34. The third-order valence-corrected chi connectivity index (χ3v) is 2.09. The Morgan fingerprint density at radius 3 is 2.76 bits per heavy atom. The monoisotopic (exact) mass is 256 g/mol. The first-order chi connectivity index (χ1) is 8.08. The van der Waals surface area contributed by atoms with Crippen molar-refractivity contribution in [2.45, 2.75) is 6.61 Å². The van der Waals surface area contributed by atoms with Gasteiger partial charge in [-0.25, -0.2) is 0 Å². The number of carbonyl (C=O) groups excluding carboxylic acids is 2. The van der Waals surface area contributed by atoms with Crippen LogP contribution >= 0.6 is 11.6 Å². The molecule has 0 fully saturated rings.